The van der Waals surface area contributed by atoms with Crippen LogP contribution < -0.4 is 0 Å². The Morgan fingerprint density at radius 2 is 2.00 bits per heavy atom. The van der Waals surface area contributed by atoms with Crippen molar-refractivity contribution in [3.05, 3.63) is 35.9 Å². The Hall–Kier alpha value is -0.860. The standard InChI is InChI=1S/C9H9ClO2/c10-9(12)8(6-11)7-4-2-1-3-5-7/h1-5,8,11H,6H2/t8-/m0/s1. The van der Waals surface area contributed by atoms with Gasteiger partial charge >= 0.3 is 0 Å². The van der Waals surface area contributed by atoms with Gasteiger partial charge in [0.1, 0.15) is 0 Å². The lowest BCUT2D eigenvalue weighted by atomic mass is 10.0. The summed E-state index contributed by atoms with van der Waals surface area (Å²) in [6, 6.07) is 8.98. The summed E-state index contributed by atoms with van der Waals surface area (Å²) in [6.07, 6.45) is 0. The van der Waals surface area contributed by atoms with E-state index in [9.17, 15) is 4.79 Å². The fraction of sp³-hybridized carbons (Fsp3) is 0.222. The van der Waals surface area contributed by atoms with E-state index in [1.54, 1.807) is 24.3 Å². The maximum Gasteiger partial charge on any atom is 0.231 e. The quantitative estimate of drug-likeness (QED) is 0.724. The van der Waals surface area contributed by atoms with Crippen molar-refractivity contribution in [1.29, 1.82) is 0 Å². The van der Waals surface area contributed by atoms with Gasteiger partial charge in [-0.25, -0.2) is 0 Å². The zero-order valence-corrected chi connectivity index (χ0v) is 7.16. The summed E-state index contributed by atoms with van der Waals surface area (Å²) in [5, 5.41) is 8.32. The van der Waals surface area contributed by atoms with E-state index in [1.165, 1.54) is 0 Å². The van der Waals surface area contributed by atoms with Gasteiger partial charge in [-0.2, -0.15) is 0 Å². The molecule has 0 spiro atoms. The maximum absolute atomic E-state index is 10.8. The van der Waals surface area contributed by atoms with Gasteiger partial charge in [0.25, 0.3) is 0 Å². The van der Waals surface area contributed by atoms with Crippen molar-refractivity contribution in [3.8, 4) is 0 Å². The molecule has 64 valence electrons. The Morgan fingerprint density at radius 1 is 1.42 bits per heavy atom. The van der Waals surface area contributed by atoms with Gasteiger partial charge in [-0.15, -0.1) is 0 Å². The molecule has 0 aromatic heterocycles. The average molecular weight is 185 g/mol. The summed E-state index contributed by atoms with van der Waals surface area (Å²) >= 11 is 5.28. The van der Waals surface area contributed by atoms with Gasteiger partial charge in [-0.3, -0.25) is 4.79 Å². The molecular weight excluding hydrogens is 176 g/mol. The summed E-state index contributed by atoms with van der Waals surface area (Å²) in [6.45, 7) is -0.244. The fourth-order valence-corrected chi connectivity index (χ4v) is 1.19. The monoisotopic (exact) mass is 184 g/mol. The van der Waals surface area contributed by atoms with Crippen LogP contribution in [0.5, 0.6) is 0 Å². The number of carbonyl (C=O) groups is 1. The highest BCUT2D eigenvalue weighted by molar-refractivity contribution is 6.64. The molecule has 2 nitrogen and oxygen atoms in total. The van der Waals surface area contributed by atoms with Crippen LogP contribution >= 0.6 is 11.6 Å². The first-order valence-electron chi connectivity index (χ1n) is 3.61. The first-order chi connectivity index (χ1) is 5.75. The van der Waals surface area contributed by atoms with E-state index in [0.29, 0.717) is 0 Å². The number of aliphatic hydroxyl groups excluding tert-OH is 1. The average Bonchev–Trinajstić information content (AvgIpc) is 2.07. The second-order valence-corrected chi connectivity index (χ2v) is 2.82. The van der Waals surface area contributed by atoms with E-state index in [4.69, 9.17) is 16.7 Å². The molecule has 0 radical (unpaired) electrons. The molecule has 1 aromatic carbocycles. The first kappa shape index (κ1) is 9.23. The normalized spacial score (nSPS) is 12.5. The molecule has 0 fully saturated rings. The highest BCUT2D eigenvalue weighted by Crippen LogP contribution is 2.17. The molecule has 0 saturated carbocycles. The molecule has 0 unspecified atom stereocenters. The Bertz CT molecular complexity index is 258. The van der Waals surface area contributed by atoms with Crippen LogP contribution in [-0.2, 0) is 4.79 Å². The van der Waals surface area contributed by atoms with Crippen molar-refractivity contribution in [2.24, 2.45) is 0 Å². The van der Waals surface area contributed by atoms with Crippen LogP contribution in [0.2, 0.25) is 0 Å². The van der Waals surface area contributed by atoms with E-state index in [1.807, 2.05) is 6.07 Å². The molecule has 3 heteroatoms. The second kappa shape index (κ2) is 4.24. The van der Waals surface area contributed by atoms with Crippen LogP contribution in [0.4, 0.5) is 0 Å². The lowest BCUT2D eigenvalue weighted by molar-refractivity contribution is -0.113. The van der Waals surface area contributed by atoms with Crippen LogP contribution in [-0.4, -0.2) is 17.0 Å². The predicted molar refractivity (Wildman–Crippen MR) is 47.1 cm³/mol. The van der Waals surface area contributed by atoms with E-state index >= 15 is 0 Å². The largest absolute Gasteiger partial charge is 0.395 e. The van der Waals surface area contributed by atoms with Gasteiger partial charge in [0.15, 0.2) is 0 Å². The van der Waals surface area contributed by atoms with Crippen molar-refractivity contribution in [2.75, 3.05) is 6.61 Å². The molecule has 0 bridgehead atoms. The van der Waals surface area contributed by atoms with E-state index in [2.05, 4.69) is 0 Å². The number of hydrogen-bond donors (Lipinski definition) is 1. The van der Waals surface area contributed by atoms with Crippen molar-refractivity contribution in [3.63, 3.8) is 0 Å². The van der Waals surface area contributed by atoms with Gasteiger partial charge in [0, 0.05) is 0 Å². The van der Waals surface area contributed by atoms with Gasteiger partial charge in [0.05, 0.1) is 12.5 Å². The van der Waals surface area contributed by atoms with Crippen LogP contribution in [0.1, 0.15) is 11.5 Å². The third-order valence-corrected chi connectivity index (χ3v) is 1.92. The molecule has 0 aliphatic rings. The topological polar surface area (TPSA) is 37.3 Å². The number of benzene rings is 1. The molecule has 1 atom stereocenters. The molecule has 0 aliphatic carbocycles. The van der Waals surface area contributed by atoms with E-state index in [-0.39, 0.29) is 6.61 Å². The summed E-state index contributed by atoms with van der Waals surface area (Å²) in [4.78, 5) is 10.8. The summed E-state index contributed by atoms with van der Waals surface area (Å²) in [5.41, 5.74) is 0.750. The Labute approximate surface area is 75.8 Å². The summed E-state index contributed by atoms with van der Waals surface area (Å²) < 4.78 is 0. The first-order valence-corrected chi connectivity index (χ1v) is 3.98. The Kier molecular flexibility index (Phi) is 3.26. The zero-order chi connectivity index (χ0) is 8.97. The Balaban J connectivity index is 2.88. The molecule has 0 aliphatic heterocycles. The van der Waals surface area contributed by atoms with Gasteiger partial charge in [0.2, 0.25) is 5.24 Å². The minimum absolute atomic E-state index is 0.244. The minimum Gasteiger partial charge on any atom is -0.395 e. The lowest BCUT2D eigenvalue weighted by Crippen LogP contribution is -2.10. The number of carbonyl (C=O) groups excluding carboxylic acids is 1. The highest BCUT2D eigenvalue weighted by Gasteiger charge is 2.16. The summed E-state index contributed by atoms with van der Waals surface area (Å²) in [5.74, 6) is -0.590. The fourth-order valence-electron chi connectivity index (χ4n) is 0.994. The number of rotatable bonds is 3. The molecule has 1 N–H and O–H groups in total. The van der Waals surface area contributed by atoms with Crippen molar-refractivity contribution < 1.29 is 9.90 Å². The molecule has 0 heterocycles. The third-order valence-electron chi connectivity index (χ3n) is 1.66. The molecule has 0 amide bonds. The smallest absolute Gasteiger partial charge is 0.231 e. The van der Waals surface area contributed by atoms with Crippen LogP contribution in [0.3, 0.4) is 0 Å². The van der Waals surface area contributed by atoms with Gasteiger partial charge in [-0.05, 0) is 17.2 Å². The Morgan fingerprint density at radius 3 is 2.42 bits per heavy atom. The number of hydrogen-bond acceptors (Lipinski definition) is 2. The van der Waals surface area contributed by atoms with E-state index < -0.39 is 11.2 Å². The van der Waals surface area contributed by atoms with E-state index in [0.717, 1.165) is 5.56 Å². The summed E-state index contributed by atoms with van der Waals surface area (Å²) in [7, 11) is 0. The molecule has 12 heavy (non-hydrogen) atoms. The van der Waals surface area contributed by atoms with Crippen LogP contribution in [0.25, 0.3) is 0 Å². The van der Waals surface area contributed by atoms with Crippen LogP contribution in [0.15, 0.2) is 30.3 Å². The molecule has 0 saturated heterocycles. The second-order valence-electron chi connectivity index (χ2n) is 2.45. The predicted octanol–water partition coefficient (Wildman–Crippen LogP) is 1.53. The highest BCUT2D eigenvalue weighted by atomic mass is 35.5. The third kappa shape index (κ3) is 2.06. The lowest BCUT2D eigenvalue weighted by Gasteiger charge is -2.07. The van der Waals surface area contributed by atoms with Crippen molar-refractivity contribution >= 4 is 16.8 Å². The molecular formula is C9H9ClO2. The minimum atomic E-state index is -0.590. The maximum atomic E-state index is 10.8. The van der Waals surface area contributed by atoms with Crippen molar-refractivity contribution in [2.45, 2.75) is 5.92 Å². The molecule has 1 aromatic rings. The number of aliphatic hydroxyl groups is 1. The molecule has 1 rings (SSSR count). The van der Waals surface area contributed by atoms with Gasteiger partial charge in [-0.1, -0.05) is 30.3 Å². The zero-order valence-electron chi connectivity index (χ0n) is 6.40. The number of halogens is 1. The van der Waals surface area contributed by atoms with Crippen molar-refractivity contribution in [1.82, 2.24) is 0 Å². The van der Waals surface area contributed by atoms with Crippen LogP contribution in [0, 0.1) is 0 Å². The van der Waals surface area contributed by atoms with Gasteiger partial charge < -0.3 is 5.11 Å². The SMILES string of the molecule is O=C(Cl)[C@@H](CO)c1ccccc1.